The van der Waals surface area contributed by atoms with Crippen molar-refractivity contribution in [2.45, 2.75) is 39.5 Å². The zero-order valence-corrected chi connectivity index (χ0v) is 10.8. The second-order valence-corrected chi connectivity index (χ2v) is 4.64. The van der Waals surface area contributed by atoms with Crippen LogP contribution in [0.4, 0.5) is 0 Å². The summed E-state index contributed by atoms with van der Waals surface area (Å²) in [6.45, 7) is 10.7. The molecule has 0 spiro atoms. The Hall–Kier alpha value is -1.64. The topological polar surface area (TPSA) is 30.2 Å². The number of aromatic nitrogens is 3. The Labute approximate surface area is 102 Å². The molecule has 0 atom stereocenters. The fourth-order valence-electron chi connectivity index (χ4n) is 2.08. The fourth-order valence-corrected chi connectivity index (χ4v) is 2.08. The number of hydrogen-bond acceptors (Lipinski definition) is 2. The lowest BCUT2D eigenvalue weighted by atomic mass is 10.0. The van der Waals surface area contributed by atoms with Crippen molar-refractivity contribution >= 4 is 11.4 Å². The molecule has 0 radical (unpaired) electrons. The Morgan fingerprint density at radius 2 is 2.24 bits per heavy atom. The Morgan fingerprint density at radius 3 is 2.88 bits per heavy atom. The third-order valence-corrected chi connectivity index (χ3v) is 2.86. The molecule has 0 saturated carbocycles. The van der Waals surface area contributed by atoms with Crippen molar-refractivity contribution in [3.63, 3.8) is 0 Å². The highest BCUT2D eigenvalue weighted by Crippen LogP contribution is 2.27. The minimum atomic E-state index is 0.389. The summed E-state index contributed by atoms with van der Waals surface area (Å²) in [5, 5.41) is 0. The predicted molar refractivity (Wildman–Crippen MR) is 71.0 cm³/mol. The first-order valence-electron chi connectivity index (χ1n) is 6.16. The summed E-state index contributed by atoms with van der Waals surface area (Å²) in [6, 6.07) is 1.93. The Bertz CT molecular complexity index is 537. The van der Waals surface area contributed by atoms with Crippen molar-refractivity contribution in [1.82, 2.24) is 14.4 Å². The highest BCUT2D eigenvalue weighted by atomic mass is 15.1. The smallest absolute Gasteiger partial charge is 0.234 e. The molecule has 0 aliphatic heterocycles. The third kappa shape index (κ3) is 2.09. The molecule has 0 aliphatic rings. The van der Waals surface area contributed by atoms with Crippen molar-refractivity contribution in [3.05, 3.63) is 36.4 Å². The second-order valence-electron chi connectivity index (χ2n) is 4.64. The lowest BCUT2D eigenvalue weighted by Gasteiger charge is -2.09. The summed E-state index contributed by atoms with van der Waals surface area (Å²) in [6.07, 6.45) is 5.89. The molecule has 0 saturated heterocycles. The molecule has 0 aromatic carbocycles. The quantitative estimate of drug-likeness (QED) is 0.800. The lowest BCUT2D eigenvalue weighted by molar-refractivity contribution is 0.824. The molecular weight excluding hydrogens is 210 g/mol. The second kappa shape index (κ2) is 4.70. The maximum absolute atomic E-state index is 4.61. The highest BCUT2D eigenvalue weighted by molar-refractivity contribution is 5.65. The molecule has 0 fully saturated rings. The van der Waals surface area contributed by atoms with Crippen molar-refractivity contribution < 1.29 is 0 Å². The fraction of sp³-hybridized carbons (Fsp3) is 0.429. The SMILES string of the molecule is C=C(CCC)c1c(C(C)C)nc2ncccn12. The molecule has 90 valence electrons. The summed E-state index contributed by atoms with van der Waals surface area (Å²) in [4.78, 5) is 8.90. The van der Waals surface area contributed by atoms with Gasteiger partial charge in [0.2, 0.25) is 5.78 Å². The van der Waals surface area contributed by atoms with E-state index in [1.54, 1.807) is 6.20 Å². The normalized spacial score (nSPS) is 11.3. The molecule has 2 heterocycles. The zero-order valence-electron chi connectivity index (χ0n) is 10.8. The van der Waals surface area contributed by atoms with Crippen LogP contribution in [-0.2, 0) is 0 Å². The van der Waals surface area contributed by atoms with Gasteiger partial charge in [0.1, 0.15) is 0 Å². The van der Waals surface area contributed by atoms with E-state index in [0.29, 0.717) is 5.92 Å². The van der Waals surface area contributed by atoms with E-state index in [0.717, 1.165) is 35.6 Å². The van der Waals surface area contributed by atoms with Gasteiger partial charge in [0.15, 0.2) is 0 Å². The van der Waals surface area contributed by atoms with E-state index in [1.165, 1.54) is 0 Å². The van der Waals surface area contributed by atoms with Crippen LogP contribution >= 0.6 is 0 Å². The van der Waals surface area contributed by atoms with Crippen LogP contribution in [0, 0.1) is 0 Å². The standard InChI is InChI=1S/C14H19N3/c1-5-7-11(4)13-12(10(2)3)16-14-15-8-6-9-17(13)14/h6,8-10H,4-5,7H2,1-3H3. The summed E-state index contributed by atoms with van der Waals surface area (Å²) in [7, 11) is 0. The Balaban J connectivity index is 2.63. The summed E-state index contributed by atoms with van der Waals surface area (Å²) in [5.41, 5.74) is 3.39. The van der Waals surface area contributed by atoms with Gasteiger partial charge >= 0.3 is 0 Å². The van der Waals surface area contributed by atoms with E-state index >= 15 is 0 Å². The first-order valence-corrected chi connectivity index (χ1v) is 6.16. The monoisotopic (exact) mass is 229 g/mol. The molecule has 0 bridgehead atoms. The van der Waals surface area contributed by atoms with E-state index in [-0.39, 0.29) is 0 Å². The van der Waals surface area contributed by atoms with Gasteiger partial charge in [0.25, 0.3) is 0 Å². The Kier molecular flexibility index (Phi) is 3.27. The van der Waals surface area contributed by atoms with Crippen LogP contribution < -0.4 is 0 Å². The predicted octanol–water partition coefficient (Wildman–Crippen LogP) is 3.67. The van der Waals surface area contributed by atoms with Gasteiger partial charge in [0, 0.05) is 12.4 Å². The van der Waals surface area contributed by atoms with Crippen LogP contribution in [0.1, 0.15) is 50.9 Å². The average molecular weight is 229 g/mol. The van der Waals surface area contributed by atoms with Crippen molar-refractivity contribution in [2.24, 2.45) is 0 Å². The third-order valence-electron chi connectivity index (χ3n) is 2.86. The van der Waals surface area contributed by atoms with Crippen LogP contribution in [0.25, 0.3) is 11.4 Å². The van der Waals surface area contributed by atoms with Gasteiger partial charge in [-0.25, -0.2) is 9.97 Å². The van der Waals surface area contributed by atoms with Crippen LogP contribution in [-0.4, -0.2) is 14.4 Å². The van der Waals surface area contributed by atoms with Crippen molar-refractivity contribution in [1.29, 1.82) is 0 Å². The first kappa shape index (κ1) is 11.8. The number of allylic oxidation sites excluding steroid dienone is 1. The van der Waals surface area contributed by atoms with Gasteiger partial charge in [-0.15, -0.1) is 0 Å². The molecule has 2 rings (SSSR count). The molecule has 0 N–H and O–H groups in total. The van der Waals surface area contributed by atoms with E-state index < -0.39 is 0 Å². The highest BCUT2D eigenvalue weighted by Gasteiger charge is 2.17. The van der Waals surface area contributed by atoms with Gasteiger partial charge in [0.05, 0.1) is 11.4 Å². The van der Waals surface area contributed by atoms with Crippen molar-refractivity contribution in [3.8, 4) is 0 Å². The van der Waals surface area contributed by atoms with Crippen LogP contribution in [0.2, 0.25) is 0 Å². The van der Waals surface area contributed by atoms with Gasteiger partial charge in [-0.1, -0.05) is 33.8 Å². The van der Waals surface area contributed by atoms with E-state index in [2.05, 4.69) is 37.3 Å². The number of imidazole rings is 1. The van der Waals surface area contributed by atoms with Crippen LogP contribution in [0.3, 0.4) is 0 Å². The number of rotatable bonds is 4. The molecule has 0 aliphatic carbocycles. The molecule has 3 nitrogen and oxygen atoms in total. The van der Waals surface area contributed by atoms with Gasteiger partial charge in [-0.3, -0.25) is 4.40 Å². The van der Waals surface area contributed by atoms with Crippen LogP contribution in [0.5, 0.6) is 0 Å². The van der Waals surface area contributed by atoms with Gasteiger partial charge in [-0.05, 0) is 24.0 Å². The molecule has 2 aromatic heterocycles. The zero-order chi connectivity index (χ0) is 12.4. The maximum Gasteiger partial charge on any atom is 0.234 e. The number of nitrogens with zero attached hydrogens (tertiary/aromatic N) is 3. The molecule has 3 heteroatoms. The molecule has 0 amide bonds. The van der Waals surface area contributed by atoms with E-state index in [4.69, 9.17) is 0 Å². The Morgan fingerprint density at radius 1 is 1.47 bits per heavy atom. The molecular formula is C14H19N3. The number of hydrogen-bond donors (Lipinski definition) is 0. The summed E-state index contributed by atoms with van der Waals surface area (Å²) in [5.74, 6) is 1.16. The van der Waals surface area contributed by atoms with Crippen LogP contribution in [0.15, 0.2) is 25.0 Å². The van der Waals surface area contributed by atoms with Gasteiger partial charge < -0.3 is 0 Å². The minimum absolute atomic E-state index is 0.389. The average Bonchev–Trinajstić information content (AvgIpc) is 2.68. The minimum Gasteiger partial charge on any atom is -0.284 e. The first-order chi connectivity index (χ1) is 8.15. The molecule has 0 unspecified atom stereocenters. The lowest BCUT2D eigenvalue weighted by Crippen LogP contribution is -1.97. The molecule has 2 aromatic rings. The largest absolute Gasteiger partial charge is 0.284 e. The summed E-state index contributed by atoms with van der Waals surface area (Å²) < 4.78 is 2.05. The molecule has 17 heavy (non-hydrogen) atoms. The van der Waals surface area contributed by atoms with Gasteiger partial charge in [-0.2, -0.15) is 0 Å². The van der Waals surface area contributed by atoms with Crippen molar-refractivity contribution in [2.75, 3.05) is 0 Å². The van der Waals surface area contributed by atoms with E-state index in [1.807, 2.05) is 16.7 Å². The van der Waals surface area contributed by atoms with E-state index in [9.17, 15) is 0 Å². The number of fused-ring (bicyclic) bond motifs is 1. The maximum atomic E-state index is 4.61. The summed E-state index contributed by atoms with van der Waals surface area (Å²) >= 11 is 0.